The lowest BCUT2D eigenvalue weighted by Gasteiger charge is -2.03. The lowest BCUT2D eigenvalue weighted by Crippen LogP contribution is -1.86. The Morgan fingerprint density at radius 2 is 2.25 bits per heavy atom. The van der Waals surface area contributed by atoms with E-state index in [-0.39, 0.29) is 0 Å². The quantitative estimate of drug-likeness (QED) is 0.763. The van der Waals surface area contributed by atoms with Crippen LogP contribution >= 0.6 is 27.5 Å². The molecule has 0 saturated carbocycles. The summed E-state index contributed by atoms with van der Waals surface area (Å²) in [6.07, 6.45) is 0. The van der Waals surface area contributed by atoms with Crippen molar-refractivity contribution in [3.05, 3.63) is 27.2 Å². The van der Waals surface area contributed by atoms with Crippen LogP contribution in [0.2, 0.25) is 5.02 Å². The lowest BCUT2D eigenvalue weighted by atomic mass is 10.2. The van der Waals surface area contributed by atoms with Crippen LogP contribution < -0.4 is 4.74 Å². The molecule has 1 aromatic rings. The van der Waals surface area contributed by atoms with Crippen molar-refractivity contribution in [2.24, 2.45) is 0 Å². The molecule has 0 aromatic heterocycles. The van der Waals surface area contributed by atoms with Crippen molar-refractivity contribution < 1.29 is 4.74 Å². The fraction of sp³-hybridized carbons (Fsp3) is 0.125. The molecule has 0 aliphatic carbocycles. The molecule has 4 heteroatoms. The average Bonchev–Trinajstić information content (AvgIpc) is 2.05. The highest BCUT2D eigenvalue weighted by Crippen LogP contribution is 2.30. The van der Waals surface area contributed by atoms with Crippen molar-refractivity contribution in [3.63, 3.8) is 0 Å². The Labute approximate surface area is 83.8 Å². The number of rotatable bonds is 1. The molecule has 0 bridgehead atoms. The second-order valence-corrected chi connectivity index (χ2v) is 3.34. The van der Waals surface area contributed by atoms with Gasteiger partial charge in [-0.05, 0) is 22.0 Å². The number of nitriles is 1. The molecular weight excluding hydrogens is 241 g/mol. The molecule has 0 unspecified atom stereocenters. The Morgan fingerprint density at radius 1 is 1.58 bits per heavy atom. The van der Waals surface area contributed by atoms with Crippen LogP contribution in [0.1, 0.15) is 5.56 Å². The minimum absolute atomic E-state index is 0.414. The third-order valence-corrected chi connectivity index (χ3v) is 2.29. The minimum Gasteiger partial charge on any atom is -0.496 e. The van der Waals surface area contributed by atoms with Gasteiger partial charge in [0.05, 0.1) is 22.2 Å². The Balaban J connectivity index is 3.30. The third-order valence-electron chi connectivity index (χ3n) is 1.36. The topological polar surface area (TPSA) is 33.0 Å². The molecule has 0 amide bonds. The van der Waals surface area contributed by atoms with Crippen LogP contribution in [0.15, 0.2) is 16.6 Å². The molecule has 1 aromatic carbocycles. The SMILES string of the molecule is COc1cc(C#N)c(Cl)cc1Br. The molecule has 0 spiro atoms. The number of hydrogen-bond acceptors (Lipinski definition) is 2. The van der Waals surface area contributed by atoms with Gasteiger partial charge in [-0.1, -0.05) is 11.6 Å². The zero-order valence-electron chi connectivity index (χ0n) is 6.27. The maximum atomic E-state index is 8.62. The van der Waals surface area contributed by atoms with Gasteiger partial charge in [0.1, 0.15) is 11.8 Å². The molecule has 2 nitrogen and oxygen atoms in total. The number of ether oxygens (including phenoxy) is 1. The van der Waals surface area contributed by atoms with Crippen LogP contribution in [-0.2, 0) is 0 Å². The van der Waals surface area contributed by atoms with Gasteiger partial charge in [0, 0.05) is 6.07 Å². The summed E-state index contributed by atoms with van der Waals surface area (Å²) in [5, 5.41) is 9.05. The van der Waals surface area contributed by atoms with Crippen LogP contribution in [0.3, 0.4) is 0 Å². The monoisotopic (exact) mass is 245 g/mol. The van der Waals surface area contributed by atoms with E-state index in [4.69, 9.17) is 21.6 Å². The van der Waals surface area contributed by atoms with Gasteiger partial charge in [-0.2, -0.15) is 5.26 Å². The lowest BCUT2D eigenvalue weighted by molar-refractivity contribution is 0.412. The van der Waals surface area contributed by atoms with Crippen molar-refractivity contribution in [1.29, 1.82) is 5.26 Å². The van der Waals surface area contributed by atoms with Crippen LogP contribution in [0, 0.1) is 11.3 Å². The van der Waals surface area contributed by atoms with E-state index in [1.165, 1.54) is 7.11 Å². The van der Waals surface area contributed by atoms with Crippen molar-refractivity contribution >= 4 is 27.5 Å². The van der Waals surface area contributed by atoms with Crippen molar-refractivity contribution in [3.8, 4) is 11.8 Å². The highest BCUT2D eigenvalue weighted by atomic mass is 79.9. The zero-order chi connectivity index (χ0) is 9.14. The molecule has 0 saturated heterocycles. The first-order valence-electron chi connectivity index (χ1n) is 3.12. The second kappa shape index (κ2) is 3.79. The van der Waals surface area contributed by atoms with E-state index in [0.29, 0.717) is 16.3 Å². The summed E-state index contributed by atoms with van der Waals surface area (Å²) in [6.45, 7) is 0. The molecule has 1 rings (SSSR count). The molecule has 0 fully saturated rings. The second-order valence-electron chi connectivity index (χ2n) is 2.08. The number of nitrogens with zero attached hydrogens (tertiary/aromatic N) is 1. The van der Waals surface area contributed by atoms with Crippen molar-refractivity contribution in [2.45, 2.75) is 0 Å². The van der Waals surface area contributed by atoms with E-state index < -0.39 is 0 Å². The molecule has 0 aliphatic heterocycles. The van der Waals surface area contributed by atoms with Gasteiger partial charge >= 0.3 is 0 Å². The van der Waals surface area contributed by atoms with Crippen LogP contribution in [-0.4, -0.2) is 7.11 Å². The summed E-state index contributed by atoms with van der Waals surface area (Å²) >= 11 is 9.00. The molecule has 0 heterocycles. The molecule has 0 N–H and O–H groups in total. The third kappa shape index (κ3) is 1.71. The van der Waals surface area contributed by atoms with Gasteiger partial charge in [0.25, 0.3) is 0 Å². The Morgan fingerprint density at radius 3 is 2.75 bits per heavy atom. The molecule has 0 atom stereocenters. The van der Waals surface area contributed by atoms with Gasteiger partial charge in [0.15, 0.2) is 0 Å². The Bertz CT molecular complexity index is 346. The Kier molecular flexibility index (Phi) is 2.96. The Hall–Kier alpha value is -0.720. The van der Waals surface area contributed by atoms with E-state index in [0.717, 1.165) is 4.47 Å². The molecule has 0 aliphatic rings. The maximum absolute atomic E-state index is 8.62. The molecule has 62 valence electrons. The predicted octanol–water partition coefficient (Wildman–Crippen LogP) is 2.98. The summed E-state index contributed by atoms with van der Waals surface area (Å²) in [7, 11) is 1.54. The fourth-order valence-electron chi connectivity index (χ4n) is 0.771. The molecule has 12 heavy (non-hydrogen) atoms. The predicted molar refractivity (Wildman–Crippen MR) is 50.4 cm³/mol. The number of hydrogen-bond donors (Lipinski definition) is 0. The van der Waals surface area contributed by atoms with E-state index in [9.17, 15) is 0 Å². The van der Waals surface area contributed by atoms with E-state index >= 15 is 0 Å². The number of benzene rings is 1. The maximum Gasteiger partial charge on any atom is 0.134 e. The highest BCUT2D eigenvalue weighted by Gasteiger charge is 2.05. The van der Waals surface area contributed by atoms with E-state index in [2.05, 4.69) is 15.9 Å². The largest absolute Gasteiger partial charge is 0.496 e. The van der Waals surface area contributed by atoms with Gasteiger partial charge in [-0.15, -0.1) is 0 Å². The highest BCUT2D eigenvalue weighted by molar-refractivity contribution is 9.10. The van der Waals surface area contributed by atoms with Crippen molar-refractivity contribution in [1.82, 2.24) is 0 Å². The van der Waals surface area contributed by atoms with Crippen LogP contribution in [0.25, 0.3) is 0 Å². The first-order chi connectivity index (χ1) is 5.69. The number of methoxy groups -OCH3 is 1. The number of halogens is 2. The first kappa shape index (κ1) is 9.37. The zero-order valence-corrected chi connectivity index (χ0v) is 8.61. The summed E-state index contributed by atoms with van der Waals surface area (Å²) in [6, 6.07) is 5.19. The van der Waals surface area contributed by atoms with E-state index in [1.807, 2.05) is 6.07 Å². The van der Waals surface area contributed by atoms with Gasteiger partial charge in [-0.3, -0.25) is 0 Å². The van der Waals surface area contributed by atoms with Crippen LogP contribution in [0.5, 0.6) is 5.75 Å². The minimum atomic E-state index is 0.414. The molecule has 0 radical (unpaired) electrons. The summed E-state index contributed by atoms with van der Waals surface area (Å²) in [5.41, 5.74) is 0.414. The van der Waals surface area contributed by atoms with Crippen LogP contribution in [0.4, 0.5) is 0 Å². The van der Waals surface area contributed by atoms with Gasteiger partial charge in [0.2, 0.25) is 0 Å². The first-order valence-corrected chi connectivity index (χ1v) is 4.29. The van der Waals surface area contributed by atoms with Gasteiger partial charge in [-0.25, -0.2) is 0 Å². The summed E-state index contributed by atoms with van der Waals surface area (Å²) in [5.74, 6) is 0.607. The summed E-state index contributed by atoms with van der Waals surface area (Å²) in [4.78, 5) is 0. The van der Waals surface area contributed by atoms with E-state index in [1.54, 1.807) is 12.1 Å². The smallest absolute Gasteiger partial charge is 0.134 e. The average molecular weight is 246 g/mol. The summed E-state index contributed by atoms with van der Waals surface area (Å²) < 4.78 is 5.73. The normalized spacial score (nSPS) is 9.17. The van der Waals surface area contributed by atoms with Crippen molar-refractivity contribution in [2.75, 3.05) is 7.11 Å². The van der Waals surface area contributed by atoms with Gasteiger partial charge < -0.3 is 4.74 Å². The standard InChI is InChI=1S/C8H5BrClNO/c1-12-8-2-5(4-11)7(10)3-6(8)9/h2-3H,1H3. The molecular formula is C8H5BrClNO. The fourth-order valence-corrected chi connectivity index (χ4v) is 1.61.